The predicted molar refractivity (Wildman–Crippen MR) is 128 cm³/mol. The van der Waals surface area contributed by atoms with Gasteiger partial charge in [-0.2, -0.15) is 0 Å². The van der Waals surface area contributed by atoms with Gasteiger partial charge in [-0.15, -0.1) is 0 Å². The molecule has 0 saturated heterocycles. The largest absolute Gasteiger partial charge is 0.493 e. The second-order valence-corrected chi connectivity index (χ2v) is 8.37. The van der Waals surface area contributed by atoms with E-state index in [1.54, 1.807) is 21.3 Å². The fourth-order valence-corrected chi connectivity index (χ4v) is 4.56. The Morgan fingerprint density at radius 2 is 1.85 bits per heavy atom. The van der Waals surface area contributed by atoms with Crippen molar-refractivity contribution < 1.29 is 23.4 Å². The Hall–Kier alpha value is -3.19. The average molecular weight is 453 g/mol. The summed E-state index contributed by atoms with van der Waals surface area (Å²) in [6.45, 7) is 3.27. The fourth-order valence-electron chi connectivity index (χ4n) is 4.56. The first-order valence-corrected chi connectivity index (χ1v) is 11.3. The van der Waals surface area contributed by atoms with E-state index < -0.39 is 0 Å². The van der Waals surface area contributed by atoms with Gasteiger partial charge in [0.2, 0.25) is 0 Å². The summed E-state index contributed by atoms with van der Waals surface area (Å²) in [6.07, 6.45) is 4.42. The number of rotatable bonds is 10. The topological polar surface area (TPSA) is 64.4 Å². The molecule has 0 fully saturated rings. The number of benzene rings is 2. The van der Waals surface area contributed by atoms with Crippen molar-refractivity contribution >= 4 is 16.9 Å². The molecule has 4 rings (SSSR count). The summed E-state index contributed by atoms with van der Waals surface area (Å²) < 4.78 is 22.0. The molecule has 2 aromatic carbocycles. The summed E-state index contributed by atoms with van der Waals surface area (Å²) in [7, 11) is 7.01. The average Bonchev–Trinajstić information content (AvgIpc) is 3.26. The molecule has 0 radical (unpaired) electrons. The molecule has 2 heterocycles. The van der Waals surface area contributed by atoms with Crippen LogP contribution in [0.3, 0.4) is 0 Å². The van der Waals surface area contributed by atoms with Gasteiger partial charge in [0.1, 0.15) is 0 Å². The number of furan rings is 1. The van der Waals surface area contributed by atoms with Crippen LogP contribution in [-0.2, 0) is 12.8 Å². The van der Waals surface area contributed by atoms with Crippen molar-refractivity contribution in [3.05, 3.63) is 53.3 Å². The molecule has 1 aliphatic heterocycles. The molecule has 3 aromatic rings. The second kappa shape index (κ2) is 10.2. The molecule has 0 unspecified atom stereocenters. The number of carbonyl (C=O) groups excluding carboxylic acids is 1. The maximum Gasteiger partial charge on any atom is 0.254 e. The molecule has 0 N–H and O–H groups in total. The van der Waals surface area contributed by atoms with Crippen molar-refractivity contribution in [2.45, 2.75) is 19.3 Å². The molecule has 0 saturated carbocycles. The molecule has 0 aliphatic carbocycles. The summed E-state index contributed by atoms with van der Waals surface area (Å²) in [4.78, 5) is 17.3. The first-order chi connectivity index (χ1) is 16.1. The number of methoxy groups -OCH3 is 3. The molecule has 1 aliphatic rings. The quantitative estimate of drug-likeness (QED) is 0.463. The zero-order chi connectivity index (χ0) is 23.4. The number of carbonyl (C=O) groups is 1. The van der Waals surface area contributed by atoms with Crippen LogP contribution in [0.4, 0.5) is 0 Å². The number of fused-ring (bicyclic) bond motifs is 2. The van der Waals surface area contributed by atoms with Crippen LogP contribution in [0, 0.1) is 0 Å². The number of hydrogen-bond acceptors (Lipinski definition) is 6. The third-order valence-corrected chi connectivity index (χ3v) is 6.39. The highest BCUT2D eigenvalue weighted by Crippen LogP contribution is 2.36. The fraction of sp³-hybridized carbons (Fsp3) is 0.423. The van der Waals surface area contributed by atoms with Gasteiger partial charge in [-0.25, -0.2) is 0 Å². The van der Waals surface area contributed by atoms with E-state index in [0.29, 0.717) is 18.0 Å². The van der Waals surface area contributed by atoms with Gasteiger partial charge in [0, 0.05) is 36.1 Å². The Kier molecular flexibility index (Phi) is 7.08. The van der Waals surface area contributed by atoms with Crippen molar-refractivity contribution in [2.75, 3.05) is 54.6 Å². The third kappa shape index (κ3) is 4.64. The Morgan fingerprint density at radius 3 is 2.61 bits per heavy atom. The van der Waals surface area contributed by atoms with Crippen molar-refractivity contribution in [1.82, 2.24) is 9.80 Å². The molecular weight excluding hydrogens is 420 g/mol. The van der Waals surface area contributed by atoms with Crippen LogP contribution in [0.1, 0.15) is 27.9 Å². The van der Waals surface area contributed by atoms with Gasteiger partial charge >= 0.3 is 0 Å². The van der Waals surface area contributed by atoms with Gasteiger partial charge in [0.25, 0.3) is 5.91 Å². The van der Waals surface area contributed by atoms with Crippen LogP contribution in [0.15, 0.2) is 41.0 Å². The number of hydrogen-bond donors (Lipinski definition) is 0. The van der Waals surface area contributed by atoms with E-state index in [-0.39, 0.29) is 5.91 Å². The molecule has 33 heavy (non-hydrogen) atoms. The molecule has 7 nitrogen and oxygen atoms in total. The molecule has 0 atom stereocenters. The first kappa shape index (κ1) is 23.0. The minimum Gasteiger partial charge on any atom is -0.493 e. The monoisotopic (exact) mass is 452 g/mol. The van der Waals surface area contributed by atoms with Crippen molar-refractivity contribution in [3.63, 3.8) is 0 Å². The number of amides is 1. The molecule has 176 valence electrons. The van der Waals surface area contributed by atoms with Crippen molar-refractivity contribution in [1.29, 1.82) is 0 Å². The second-order valence-electron chi connectivity index (χ2n) is 8.37. The molecule has 7 heteroatoms. The standard InChI is InChI=1S/C26H32N2O5/c1-27(15-11-18-17-33-25-19(18)7-5-8-22(25)30-2)13-6-14-28-16-12-20-21(26(28)29)9-10-23(31-3)24(20)32-4/h5,7-10,17H,6,11-16H2,1-4H3. The summed E-state index contributed by atoms with van der Waals surface area (Å²) >= 11 is 0. The summed E-state index contributed by atoms with van der Waals surface area (Å²) in [5, 5.41) is 1.10. The van der Waals surface area contributed by atoms with E-state index in [2.05, 4.69) is 18.0 Å². The van der Waals surface area contributed by atoms with E-state index in [1.165, 1.54) is 5.56 Å². The Labute approximate surface area is 194 Å². The third-order valence-electron chi connectivity index (χ3n) is 6.39. The summed E-state index contributed by atoms with van der Waals surface area (Å²) in [6, 6.07) is 9.63. The minimum atomic E-state index is 0.0682. The summed E-state index contributed by atoms with van der Waals surface area (Å²) in [5.74, 6) is 2.17. The van der Waals surface area contributed by atoms with Gasteiger partial charge in [0.05, 0.1) is 27.6 Å². The molecular formula is C26H32N2O5. The normalized spacial score (nSPS) is 13.5. The molecule has 0 bridgehead atoms. The van der Waals surface area contributed by atoms with Crippen LogP contribution in [0.2, 0.25) is 0 Å². The van der Waals surface area contributed by atoms with E-state index in [0.717, 1.165) is 66.7 Å². The van der Waals surface area contributed by atoms with Crippen LogP contribution in [0.25, 0.3) is 11.0 Å². The Morgan fingerprint density at radius 1 is 1.03 bits per heavy atom. The van der Waals surface area contributed by atoms with Gasteiger partial charge in [-0.1, -0.05) is 12.1 Å². The van der Waals surface area contributed by atoms with Gasteiger partial charge in [-0.3, -0.25) is 4.79 Å². The zero-order valence-electron chi connectivity index (χ0n) is 19.8. The molecule has 1 amide bonds. The number of likely N-dealkylation sites (N-methyl/N-ethyl adjacent to an activating group) is 1. The SMILES string of the molecule is COc1ccc2c(c1OC)CCN(CCCN(C)CCc1coc3c(OC)cccc13)C2=O. The summed E-state index contributed by atoms with van der Waals surface area (Å²) in [5.41, 5.74) is 3.65. The molecule has 1 aromatic heterocycles. The lowest BCUT2D eigenvalue weighted by molar-refractivity contribution is 0.0731. The zero-order valence-corrected chi connectivity index (χ0v) is 19.8. The maximum atomic E-state index is 13.0. The first-order valence-electron chi connectivity index (χ1n) is 11.3. The highest BCUT2D eigenvalue weighted by molar-refractivity contribution is 5.98. The van der Waals surface area contributed by atoms with E-state index in [4.69, 9.17) is 18.6 Å². The smallest absolute Gasteiger partial charge is 0.254 e. The number of nitrogens with zero attached hydrogens (tertiary/aromatic N) is 2. The highest BCUT2D eigenvalue weighted by atomic mass is 16.5. The van der Waals surface area contributed by atoms with E-state index >= 15 is 0 Å². The lowest BCUT2D eigenvalue weighted by atomic mass is 9.97. The lowest BCUT2D eigenvalue weighted by Gasteiger charge is -2.30. The predicted octanol–water partition coefficient (Wildman–Crippen LogP) is 4.02. The highest BCUT2D eigenvalue weighted by Gasteiger charge is 2.28. The van der Waals surface area contributed by atoms with E-state index in [1.807, 2.05) is 35.4 Å². The Bertz CT molecular complexity index is 1120. The van der Waals surface area contributed by atoms with Crippen LogP contribution < -0.4 is 14.2 Å². The van der Waals surface area contributed by atoms with Crippen molar-refractivity contribution in [3.8, 4) is 17.2 Å². The lowest BCUT2D eigenvalue weighted by Crippen LogP contribution is -2.39. The van der Waals surface area contributed by atoms with Gasteiger partial charge < -0.3 is 28.4 Å². The number of ether oxygens (including phenoxy) is 3. The Balaban J connectivity index is 1.29. The van der Waals surface area contributed by atoms with Crippen LogP contribution in [-0.4, -0.2) is 70.3 Å². The van der Waals surface area contributed by atoms with Gasteiger partial charge in [0.15, 0.2) is 22.8 Å². The number of para-hydroxylation sites is 1. The maximum absolute atomic E-state index is 13.0. The molecule has 0 spiro atoms. The van der Waals surface area contributed by atoms with E-state index in [9.17, 15) is 4.79 Å². The van der Waals surface area contributed by atoms with Gasteiger partial charge in [-0.05, 0) is 56.6 Å². The minimum absolute atomic E-state index is 0.0682. The van der Waals surface area contributed by atoms with Crippen LogP contribution >= 0.6 is 0 Å². The van der Waals surface area contributed by atoms with Crippen LogP contribution in [0.5, 0.6) is 17.2 Å². The van der Waals surface area contributed by atoms with Crippen molar-refractivity contribution in [2.24, 2.45) is 0 Å².